The molecule has 2 heterocycles. The minimum Gasteiger partial charge on any atom is -0.338 e. The van der Waals surface area contributed by atoms with Crippen LogP contribution in [-0.4, -0.2) is 23.1 Å². The summed E-state index contributed by atoms with van der Waals surface area (Å²) in [5, 5.41) is 0. The van der Waals surface area contributed by atoms with Gasteiger partial charge in [-0.25, -0.2) is 0 Å². The van der Waals surface area contributed by atoms with E-state index < -0.39 is 11.3 Å². The minimum atomic E-state index is -0.588. The normalized spacial score (nSPS) is 27.3. The van der Waals surface area contributed by atoms with Gasteiger partial charge in [0.05, 0.1) is 6.54 Å². The summed E-state index contributed by atoms with van der Waals surface area (Å²) in [5.74, 6) is 0.212. The van der Waals surface area contributed by atoms with Crippen LogP contribution in [-0.2, 0) is 15.1 Å². The lowest BCUT2D eigenvalue weighted by Crippen LogP contribution is -2.41. The number of ether oxygens (including phenoxy) is 1. The van der Waals surface area contributed by atoms with E-state index in [1.54, 1.807) is 0 Å². The third-order valence-corrected chi connectivity index (χ3v) is 5.91. The van der Waals surface area contributed by atoms with Crippen molar-refractivity contribution in [3.63, 3.8) is 0 Å². The number of amides is 1. The predicted octanol–water partition coefficient (Wildman–Crippen LogP) is 6.14. The molecule has 3 aliphatic rings. The van der Waals surface area contributed by atoms with Crippen molar-refractivity contribution in [2.24, 2.45) is 0 Å². The fraction of sp³-hybridized carbons (Fsp3) is 0.423. The van der Waals surface area contributed by atoms with E-state index in [2.05, 4.69) is 62.9 Å². The van der Waals surface area contributed by atoms with Gasteiger partial charge in [-0.3, -0.25) is 4.79 Å². The maximum Gasteiger partial charge on any atom is 0.225 e. The lowest BCUT2D eigenvalue weighted by atomic mass is 9.89. The van der Waals surface area contributed by atoms with Crippen molar-refractivity contribution in [2.75, 3.05) is 6.54 Å². The summed E-state index contributed by atoms with van der Waals surface area (Å²) in [6.07, 6.45) is 16.8. The zero-order valence-electron chi connectivity index (χ0n) is 18.0. The average molecular weight is 392 g/mol. The Balaban J connectivity index is 0.000000431. The van der Waals surface area contributed by atoms with E-state index in [-0.39, 0.29) is 5.91 Å². The zero-order chi connectivity index (χ0) is 20.9. The van der Waals surface area contributed by atoms with Gasteiger partial charge in [0.15, 0.2) is 0 Å². The Morgan fingerprint density at radius 3 is 2.69 bits per heavy atom. The molecule has 1 aromatic carbocycles. The van der Waals surface area contributed by atoms with E-state index in [1.807, 2.05) is 30.0 Å². The molecule has 0 bridgehead atoms. The van der Waals surface area contributed by atoms with Crippen LogP contribution in [0.4, 0.5) is 0 Å². The van der Waals surface area contributed by atoms with Crippen LogP contribution in [0.1, 0.15) is 64.0 Å². The fourth-order valence-electron chi connectivity index (χ4n) is 4.63. The highest BCUT2D eigenvalue weighted by atomic mass is 16.6. The molecule has 1 aliphatic carbocycles. The Morgan fingerprint density at radius 1 is 1.24 bits per heavy atom. The Bertz CT molecular complexity index is 850. The van der Waals surface area contributed by atoms with Gasteiger partial charge in [0.2, 0.25) is 5.91 Å². The van der Waals surface area contributed by atoms with Crippen LogP contribution in [0.5, 0.6) is 0 Å². The first-order valence-electron chi connectivity index (χ1n) is 10.8. The summed E-state index contributed by atoms with van der Waals surface area (Å²) in [5.41, 5.74) is 2.27. The molecular formula is C26H33NO2. The molecule has 29 heavy (non-hydrogen) atoms. The molecule has 0 radical (unpaired) electrons. The topological polar surface area (TPSA) is 29.5 Å². The summed E-state index contributed by atoms with van der Waals surface area (Å²) in [7, 11) is 0. The first-order chi connectivity index (χ1) is 14.0. The molecule has 2 fully saturated rings. The number of carbonyl (C=O) groups is 1. The molecule has 1 aromatic rings. The second kappa shape index (κ2) is 8.96. The van der Waals surface area contributed by atoms with E-state index in [4.69, 9.17) is 4.74 Å². The Hall–Kier alpha value is -2.39. The predicted molar refractivity (Wildman–Crippen MR) is 120 cm³/mol. The van der Waals surface area contributed by atoms with E-state index in [0.717, 1.165) is 42.4 Å². The van der Waals surface area contributed by atoms with Crippen LogP contribution in [0.15, 0.2) is 66.8 Å². The van der Waals surface area contributed by atoms with Crippen LogP contribution in [0.2, 0.25) is 0 Å². The lowest BCUT2D eigenvalue weighted by Gasteiger charge is -2.32. The number of benzene rings is 1. The first-order valence-corrected chi connectivity index (χ1v) is 10.8. The number of hydrogen-bond donors (Lipinski definition) is 0. The van der Waals surface area contributed by atoms with E-state index in [0.29, 0.717) is 13.0 Å². The highest BCUT2D eigenvalue weighted by Crippen LogP contribution is 2.51. The fourth-order valence-corrected chi connectivity index (χ4v) is 4.63. The molecule has 1 amide bonds. The number of hydrogen-bond acceptors (Lipinski definition) is 2. The van der Waals surface area contributed by atoms with E-state index in [1.165, 1.54) is 0 Å². The molecule has 1 spiro atoms. The number of fused-ring (bicyclic) bond motifs is 3. The van der Waals surface area contributed by atoms with Gasteiger partial charge in [0, 0.05) is 12.8 Å². The molecule has 2 unspecified atom stereocenters. The van der Waals surface area contributed by atoms with E-state index >= 15 is 0 Å². The smallest absolute Gasteiger partial charge is 0.225 e. The molecular weight excluding hydrogens is 358 g/mol. The third kappa shape index (κ3) is 4.02. The Morgan fingerprint density at radius 2 is 2.03 bits per heavy atom. The molecule has 3 nitrogen and oxygen atoms in total. The summed E-state index contributed by atoms with van der Waals surface area (Å²) >= 11 is 0. The van der Waals surface area contributed by atoms with Gasteiger partial charge in [0.25, 0.3) is 0 Å². The molecule has 2 saturated heterocycles. The summed E-state index contributed by atoms with van der Waals surface area (Å²) in [4.78, 5) is 14.5. The van der Waals surface area contributed by atoms with Gasteiger partial charge in [0.1, 0.15) is 11.3 Å². The molecule has 4 rings (SSSR count). The van der Waals surface area contributed by atoms with Crippen molar-refractivity contribution in [3.05, 3.63) is 77.9 Å². The van der Waals surface area contributed by atoms with Crippen molar-refractivity contribution in [1.29, 1.82) is 0 Å². The van der Waals surface area contributed by atoms with Crippen LogP contribution in [0.3, 0.4) is 0 Å². The molecule has 2 atom stereocenters. The third-order valence-electron chi connectivity index (χ3n) is 5.91. The highest BCUT2D eigenvalue weighted by Gasteiger charge is 2.59. The van der Waals surface area contributed by atoms with Gasteiger partial charge < -0.3 is 9.64 Å². The van der Waals surface area contributed by atoms with Crippen molar-refractivity contribution in [3.8, 4) is 0 Å². The molecule has 0 N–H and O–H groups in total. The van der Waals surface area contributed by atoms with Crippen LogP contribution in [0, 0.1) is 0 Å². The van der Waals surface area contributed by atoms with Crippen LogP contribution in [0.25, 0.3) is 6.08 Å². The van der Waals surface area contributed by atoms with Crippen molar-refractivity contribution in [2.45, 2.75) is 64.2 Å². The standard InChI is InChI=1S/C21H23NO2.C5H10/c1-3-12-21-13-11-19(23)22(21)15-20(24-21)14-16(4-2)9-10-17-7-5-6-8-18(17)20;1-3-5-4-2/h4-10,14H,2-3,11-13,15H2,1H3;3,5H,4H2,1-2H3/b;5-3-. The number of nitrogens with zero attached hydrogens (tertiary/aromatic N) is 1. The second-order valence-electron chi connectivity index (χ2n) is 7.91. The van der Waals surface area contributed by atoms with Crippen molar-refractivity contribution in [1.82, 2.24) is 4.90 Å². The SMILES string of the molecule is C/C=C\CC.C=CC1=CC2(CN3C(=O)CCC3(CCC)O2)c2ccccc2C=C1. The van der Waals surface area contributed by atoms with Gasteiger partial charge in [-0.15, -0.1) is 0 Å². The quantitative estimate of drug-likeness (QED) is 0.577. The highest BCUT2D eigenvalue weighted by molar-refractivity contribution is 5.80. The van der Waals surface area contributed by atoms with Crippen LogP contribution >= 0.6 is 0 Å². The van der Waals surface area contributed by atoms with Crippen LogP contribution < -0.4 is 0 Å². The largest absolute Gasteiger partial charge is 0.338 e. The van der Waals surface area contributed by atoms with Gasteiger partial charge in [-0.05, 0) is 42.5 Å². The summed E-state index contributed by atoms with van der Waals surface area (Å²) in [6.45, 7) is 10.8. The first kappa shape index (κ1) is 21.3. The molecule has 2 aliphatic heterocycles. The Kier molecular flexibility index (Phi) is 6.59. The maximum absolute atomic E-state index is 12.5. The van der Waals surface area contributed by atoms with Gasteiger partial charge in [-0.1, -0.05) is 81.5 Å². The number of allylic oxidation sites excluding steroid dienone is 5. The monoisotopic (exact) mass is 391 g/mol. The summed E-state index contributed by atoms with van der Waals surface area (Å²) < 4.78 is 6.79. The zero-order valence-corrected chi connectivity index (χ0v) is 18.0. The average Bonchev–Trinajstić information content (AvgIpc) is 3.14. The molecule has 154 valence electrons. The van der Waals surface area contributed by atoms with Crippen molar-refractivity contribution < 1.29 is 9.53 Å². The maximum atomic E-state index is 12.5. The minimum absolute atomic E-state index is 0.212. The Labute approximate surface area is 175 Å². The second-order valence-corrected chi connectivity index (χ2v) is 7.91. The number of carbonyl (C=O) groups excluding carboxylic acids is 1. The molecule has 3 heteroatoms. The van der Waals surface area contributed by atoms with E-state index in [9.17, 15) is 4.79 Å². The molecule has 0 saturated carbocycles. The summed E-state index contributed by atoms with van der Waals surface area (Å²) in [6, 6.07) is 8.31. The van der Waals surface area contributed by atoms with Crippen molar-refractivity contribution >= 4 is 12.0 Å². The van der Waals surface area contributed by atoms with Gasteiger partial charge >= 0.3 is 0 Å². The van der Waals surface area contributed by atoms with Gasteiger partial charge in [-0.2, -0.15) is 0 Å². The molecule has 0 aromatic heterocycles. The lowest BCUT2D eigenvalue weighted by molar-refractivity contribution is -0.144. The number of rotatable bonds is 4.